The first-order valence-electron chi connectivity index (χ1n) is 5.15. The Morgan fingerprint density at radius 3 is 2.59 bits per heavy atom. The second kappa shape index (κ2) is 6.39. The van der Waals surface area contributed by atoms with Crippen LogP contribution in [0, 0.1) is 6.92 Å². The van der Waals surface area contributed by atoms with Gasteiger partial charge >= 0.3 is 5.97 Å². The second-order valence-electron chi connectivity index (χ2n) is 3.64. The molecule has 1 aromatic carbocycles. The van der Waals surface area contributed by atoms with Crippen LogP contribution in [-0.2, 0) is 14.3 Å². The molecule has 1 N–H and O–H groups in total. The third-order valence-corrected chi connectivity index (χ3v) is 2.57. The average molecular weight is 300 g/mol. The smallest absolute Gasteiger partial charge is 0.306 e. The molecule has 1 rings (SSSR count). The first-order chi connectivity index (χ1) is 8.01. The Morgan fingerprint density at radius 2 is 2.00 bits per heavy atom. The van der Waals surface area contributed by atoms with Crippen molar-refractivity contribution < 1.29 is 14.3 Å². The zero-order valence-electron chi connectivity index (χ0n) is 9.75. The molecule has 5 heteroatoms. The van der Waals surface area contributed by atoms with Crippen molar-refractivity contribution in [3.05, 3.63) is 28.2 Å². The van der Waals surface area contributed by atoms with Gasteiger partial charge in [-0.15, -0.1) is 0 Å². The third kappa shape index (κ3) is 4.99. The van der Waals surface area contributed by atoms with Gasteiger partial charge in [0.15, 0.2) is 0 Å². The maximum absolute atomic E-state index is 11.5. The average Bonchev–Trinajstić information content (AvgIpc) is 2.24. The summed E-state index contributed by atoms with van der Waals surface area (Å²) in [7, 11) is 1.30. The van der Waals surface area contributed by atoms with Gasteiger partial charge in [0.1, 0.15) is 0 Å². The molecule has 1 amide bonds. The van der Waals surface area contributed by atoms with Gasteiger partial charge in [-0.25, -0.2) is 0 Å². The molecule has 0 aliphatic carbocycles. The summed E-state index contributed by atoms with van der Waals surface area (Å²) in [5.41, 5.74) is 1.76. The summed E-state index contributed by atoms with van der Waals surface area (Å²) >= 11 is 3.35. The van der Waals surface area contributed by atoms with Gasteiger partial charge in [-0.05, 0) is 30.7 Å². The van der Waals surface area contributed by atoms with Gasteiger partial charge in [0.05, 0.1) is 13.5 Å². The number of rotatable bonds is 4. The quantitative estimate of drug-likeness (QED) is 0.870. The molecule has 0 atom stereocenters. The van der Waals surface area contributed by atoms with Crippen molar-refractivity contribution in [3.63, 3.8) is 0 Å². The highest BCUT2D eigenvalue weighted by molar-refractivity contribution is 9.10. The van der Waals surface area contributed by atoms with Crippen LogP contribution >= 0.6 is 15.9 Å². The van der Waals surface area contributed by atoms with Gasteiger partial charge in [0.2, 0.25) is 5.91 Å². The van der Waals surface area contributed by atoms with Crippen molar-refractivity contribution in [2.24, 2.45) is 0 Å². The lowest BCUT2D eigenvalue weighted by molar-refractivity contribution is -0.141. The summed E-state index contributed by atoms with van der Waals surface area (Å²) in [4.78, 5) is 22.4. The Morgan fingerprint density at radius 1 is 1.29 bits per heavy atom. The zero-order valence-corrected chi connectivity index (χ0v) is 11.3. The van der Waals surface area contributed by atoms with E-state index >= 15 is 0 Å². The number of hydrogen-bond acceptors (Lipinski definition) is 3. The van der Waals surface area contributed by atoms with E-state index in [1.54, 1.807) is 0 Å². The summed E-state index contributed by atoms with van der Waals surface area (Å²) in [5, 5.41) is 2.73. The van der Waals surface area contributed by atoms with Crippen LogP contribution in [0.5, 0.6) is 0 Å². The number of carbonyl (C=O) groups excluding carboxylic acids is 2. The third-order valence-electron chi connectivity index (χ3n) is 2.11. The summed E-state index contributed by atoms with van der Waals surface area (Å²) in [5.74, 6) is -0.585. The number of anilines is 1. The first kappa shape index (κ1) is 13.7. The van der Waals surface area contributed by atoms with Gasteiger partial charge in [0.25, 0.3) is 0 Å². The Hall–Kier alpha value is -1.36. The van der Waals surface area contributed by atoms with E-state index < -0.39 is 0 Å². The van der Waals surface area contributed by atoms with Crippen molar-refractivity contribution in [1.29, 1.82) is 0 Å². The number of benzene rings is 1. The van der Waals surface area contributed by atoms with E-state index in [-0.39, 0.29) is 24.7 Å². The molecule has 0 unspecified atom stereocenters. The number of methoxy groups -OCH3 is 1. The molecular formula is C12H14BrNO3. The molecule has 4 nitrogen and oxygen atoms in total. The molecule has 0 fully saturated rings. The fourth-order valence-electron chi connectivity index (χ4n) is 1.35. The molecule has 1 aromatic rings. The molecular weight excluding hydrogens is 286 g/mol. The first-order valence-corrected chi connectivity index (χ1v) is 5.94. The van der Waals surface area contributed by atoms with Gasteiger partial charge in [-0.3, -0.25) is 9.59 Å². The van der Waals surface area contributed by atoms with E-state index in [9.17, 15) is 9.59 Å². The van der Waals surface area contributed by atoms with Gasteiger partial charge in [-0.1, -0.05) is 15.9 Å². The molecule has 0 saturated heterocycles. The van der Waals surface area contributed by atoms with Crippen LogP contribution in [0.25, 0.3) is 0 Å². The number of halogens is 1. The Kier molecular flexibility index (Phi) is 5.15. The summed E-state index contributed by atoms with van der Waals surface area (Å²) in [6.45, 7) is 1.94. The molecule has 0 aliphatic heterocycles. The molecule has 0 bridgehead atoms. The Balaban J connectivity index is 2.53. The van der Waals surface area contributed by atoms with Crippen LogP contribution in [-0.4, -0.2) is 19.0 Å². The van der Waals surface area contributed by atoms with Crippen molar-refractivity contribution in [1.82, 2.24) is 0 Å². The minimum Gasteiger partial charge on any atom is -0.469 e. The summed E-state index contributed by atoms with van der Waals surface area (Å²) in [6.07, 6.45) is 0.216. The molecule has 0 spiro atoms. The number of aryl methyl sites for hydroxylation is 1. The number of amides is 1. The van der Waals surface area contributed by atoms with E-state index in [0.29, 0.717) is 5.69 Å². The van der Waals surface area contributed by atoms with Crippen molar-refractivity contribution in [2.75, 3.05) is 12.4 Å². The number of nitrogens with one attached hydrogen (secondary N) is 1. The summed E-state index contributed by atoms with van der Waals surface area (Å²) in [6, 6.07) is 5.62. The Labute approximate surface area is 108 Å². The molecule has 0 aliphatic rings. The van der Waals surface area contributed by atoms with Gasteiger partial charge in [0, 0.05) is 16.6 Å². The summed E-state index contributed by atoms with van der Waals surface area (Å²) < 4.78 is 5.37. The maximum Gasteiger partial charge on any atom is 0.306 e. The number of ether oxygens (including phenoxy) is 1. The predicted octanol–water partition coefficient (Wildman–Crippen LogP) is 2.65. The minimum atomic E-state index is -0.384. The van der Waals surface area contributed by atoms with Crippen LogP contribution in [0.2, 0.25) is 0 Å². The number of esters is 1. The van der Waals surface area contributed by atoms with Crippen molar-refractivity contribution in [3.8, 4) is 0 Å². The maximum atomic E-state index is 11.5. The van der Waals surface area contributed by atoms with Crippen LogP contribution in [0.15, 0.2) is 22.7 Å². The molecule has 0 saturated carbocycles. The highest BCUT2D eigenvalue weighted by atomic mass is 79.9. The topological polar surface area (TPSA) is 55.4 Å². The lowest BCUT2D eigenvalue weighted by Crippen LogP contribution is -2.14. The normalized spacial score (nSPS) is 9.82. The van der Waals surface area contributed by atoms with E-state index in [1.165, 1.54) is 7.11 Å². The molecule has 17 heavy (non-hydrogen) atoms. The van der Waals surface area contributed by atoms with Crippen molar-refractivity contribution >= 4 is 33.5 Å². The van der Waals surface area contributed by atoms with E-state index in [1.807, 2.05) is 25.1 Å². The highest BCUT2D eigenvalue weighted by Gasteiger charge is 2.07. The SMILES string of the molecule is COC(=O)CCC(=O)Nc1cc(C)cc(Br)c1. The second-order valence-corrected chi connectivity index (χ2v) is 4.56. The largest absolute Gasteiger partial charge is 0.469 e. The zero-order chi connectivity index (χ0) is 12.8. The van der Waals surface area contributed by atoms with E-state index in [0.717, 1.165) is 10.0 Å². The Bertz CT molecular complexity index is 412. The van der Waals surface area contributed by atoms with E-state index in [4.69, 9.17) is 0 Å². The predicted molar refractivity (Wildman–Crippen MR) is 68.8 cm³/mol. The highest BCUT2D eigenvalue weighted by Crippen LogP contribution is 2.19. The van der Waals surface area contributed by atoms with Crippen LogP contribution in [0.3, 0.4) is 0 Å². The fraction of sp³-hybridized carbons (Fsp3) is 0.333. The minimum absolute atomic E-state index is 0.0926. The lowest BCUT2D eigenvalue weighted by Gasteiger charge is -2.06. The van der Waals surface area contributed by atoms with Crippen LogP contribution in [0.1, 0.15) is 18.4 Å². The molecule has 0 aromatic heterocycles. The van der Waals surface area contributed by atoms with E-state index in [2.05, 4.69) is 26.0 Å². The lowest BCUT2D eigenvalue weighted by atomic mass is 10.2. The monoisotopic (exact) mass is 299 g/mol. The van der Waals surface area contributed by atoms with Crippen LogP contribution < -0.4 is 5.32 Å². The standard InChI is InChI=1S/C12H14BrNO3/c1-8-5-9(13)7-10(6-8)14-11(15)3-4-12(16)17-2/h5-7H,3-4H2,1-2H3,(H,14,15). The molecule has 0 heterocycles. The van der Waals surface area contributed by atoms with Gasteiger partial charge < -0.3 is 10.1 Å². The number of hydrogen-bond donors (Lipinski definition) is 1. The van der Waals surface area contributed by atoms with Crippen LogP contribution in [0.4, 0.5) is 5.69 Å². The molecule has 92 valence electrons. The molecule has 0 radical (unpaired) electrons. The van der Waals surface area contributed by atoms with Crippen molar-refractivity contribution in [2.45, 2.75) is 19.8 Å². The van der Waals surface area contributed by atoms with Gasteiger partial charge in [-0.2, -0.15) is 0 Å². The fourth-order valence-corrected chi connectivity index (χ4v) is 1.96. The number of carbonyl (C=O) groups is 2.